The molecule has 1 aromatic rings. The number of alkyl halides is 1. The average Bonchev–Trinajstić information content (AvgIpc) is 3.27. The number of nitrogens with one attached hydrogen (secondary N) is 3. The summed E-state index contributed by atoms with van der Waals surface area (Å²) in [4.78, 5) is 2.40. The van der Waals surface area contributed by atoms with E-state index < -0.39 is 12.7 Å². The van der Waals surface area contributed by atoms with Gasteiger partial charge in [-0.25, -0.2) is 4.39 Å². The van der Waals surface area contributed by atoms with Crippen molar-refractivity contribution in [3.8, 4) is 0 Å². The summed E-state index contributed by atoms with van der Waals surface area (Å²) in [7, 11) is 3.58. The molecule has 0 aromatic heterocycles. The molecule has 158 valence electrons. The van der Waals surface area contributed by atoms with E-state index in [0.717, 1.165) is 50.3 Å². The zero-order valence-corrected chi connectivity index (χ0v) is 17.6. The molecule has 0 saturated carbocycles. The van der Waals surface area contributed by atoms with Crippen molar-refractivity contribution in [2.75, 3.05) is 51.9 Å². The van der Waals surface area contributed by atoms with E-state index in [4.69, 9.17) is 4.74 Å². The van der Waals surface area contributed by atoms with Crippen molar-refractivity contribution in [3.05, 3.63) is 41.7 Å². The molecule has 0 radical (unpaired) electrons. The normalized spacial score (nSPS) is 16.9. The van der Waals surface area contributed by atoms with Crippen LogP contribution in [0.3, 0.4) is 0 Å². The van der Waals surface area contributed by atoms with Gasteiger partial charge in [0.1, 0.15) is 12.8 Å². The molecule has 0 spiro atoms. The van der Waals surface area contributed by atoms with Crippen molar-refractivity contribution >= 4 is 5.69 Å². The van der Waals surface area contributed by atoms with E-state index in [1.165, 1.54) is 18.5 Å². The number of anilines is 1. The highest BCUT2D eigenvalue weighted by atomic mass is 19.1. The Kier molecular flexibility index (Phi) is 10.1. The molecule has 2 rings (SSSR count). The second kappa shape index (κ2) is 12.6. The number of rotatable bonds is 13. The second-order valence-electron chi connectivity index (χ2n) is 7.32. The molecule has 0 amide bonds. The molecule has 3 N–H and O–H groups in total. The first-order valence-electron chi connectivity index (χ1n) is 10.5. The van der Waals surface area contributed by atoms with Crippen molar-refractivity contribution in [2.24, 2.45) is 0 Å². The molecule has 1 aliphatic rings. The number of ether oxygens (including phenoxy) is 1. The second-order valence-corrected chi connectivity index (χ2v) is 7.32. The highest BCUT2D eigenvalue weighted by molar-refractivity contribution is 5.48. The Balaban J connectivity index is 2.04. The largest absolute Gasteiger partial charge is 0.387 e. The number of hydrogen-bond donors (Lipinski definition) is 3. The average molecular weight is 393 g/mol. The van der Waals surface area contributed by atoms with Crippen LogP contribution >= 0.6 is 0 Å². The van der Waals surface area contributed by atoms with Gasteiger partial charge in [-0.1, -0.05) is 19.1 Å². The molecule has 1 saturated heterocycles. The number of halogens is 1. The number of methoxy groups -OCH3 is 1. The highest BCUT2D eigenvalue weighted by Crippen LogP contribution is 2.26. The fourth-order valence-corrected chi connectivity index (χ4v) is 3.56. The quantitative estimate of drug-likeness (QED) is 0.481. The lowest BCUT2D eigenvalue weighted by atomic mass is 10.0. The van der Waals surface area contributed by atoms with Gasteiger partial charge in [-0.05, 0) is 44.0 Å². The molecule has 1 aliphatic heterocycles. The van der Waals surface area contributed by atoms with Crippen LogP contribution in [-0.2, 0) is 4.74 Å². The van der Waals surface area contributed by atoms with Crippen LogP contribution in [0.1, 0.15) is 44.3 Å². The smallest absolute Gasteiger partial charge is 0.112 e. The fraction of sp³-hybridized carbons (Fsp3) is 0.636. The van der Waals surface area contributed by atoms with Gasteiger partial charge in [-0.3, -0.25) is 0 Å². The predicted molar refractivity (Wildman–Crippen MR) is 115 cm³/mol. The lowest BCUT2D eigenvalue weighted by Gasteiger charge is -2.26. The Morgan fingerprint density at radius 3 is 2.50 bits per heavy atom. The fourth-order valence-electron chi connectivity index (χ4n) is 3.56. The monoisotopic (exact) mass is 392 g/mol. The molecule has 28 heavy (non-hydrogen) atoms. The van der Waals surface area contributed by atoms with Crippen LogP contribution in [0.25, 0.3) is 0 Å². The van der Waals surface area contributed by atoms with E-state index in [9.17, 15) is 4.39 Å². The van der Waals surface area contributed by atoms with Gasteiger partial charge in [0, 0.05) is 57.3 Å². The van der Waals surface area contributed by atoms with Crippen molar-refractivity contribution in [3.63, 3.8) is 0 Å². The predicted octanol–water partition coefficient (Wildman–Crippen LogP) is 3.35. The van der Waals surface area contributed by atoms with Gasteiger partial charge in [-0.15, -0.1) is 0 Å². The third kappa shape index (κ3) is 6.67. The lowest BCUT2D eigenvalue weighted by Crippen LogP contribution is -2.35. The molecule has 1 fully saturated rings. The summed E-state index contributed by atoms with van der Waals surface area (Å²) < 4.78 is 19.5. The Morgan fingerprint density at radius 1 is 1.21 bits per heavy atom. The van der Waals surface area contributed by atoms with E-state index in [-0.39, 0.29) is 6.10 Å². The maximum atomic E-state index is 13.8. The molecule has 0 bridgehead atoms. The highest BCUT2D eigenvalue weighted by Gasteiger charge is 2.23. The van der Waals surface area contributed by atoms with E-state index in [2.05, 4.69) is 52.0 Å². The SMILES string of the molecule is CCCN/C(=C\NC(CF)C(OC)c1ccc(N2CCCC2)cc1)CCNC. The summed E-state index contributed by atoms with van der Waals surface area (Å²) in [6, 6.07) is 7.94. The third-order valence-electron chi connectivity index (χ3n) is 5.20. The topological polar surface area (TPSA) is 48.6 Å². The summed E-state index contributed by atoms with van der Waals surface area (Å²) in [6.45, 7) is 5.64. The van der Waals surface area contributed by atoms with Crippen LogP contribution in [0.15, 0.2) is 36.2 Å². The van der Waals surface area contributed by atoms with Crippen molar-refractivity contribution in [1.82, 2.24) is 16.0 Å². The van der Waals surface area contributed by atoms with Crippen molar-refractivity contribution < 1.29 is 9.13 Å². The Labute approximate surface area is 169 Å². The van der Waals surface area contributed by atoms with E-state index in [1.54, 1.807) is 7.11 Å². The minimum Gasteiger partial charge on any atom is -0.387 e. The van der Waals surface area contributed by atoms with Gasteiger partial charge in [0.2, 0.25) is 0 Å². The zero-order valence-electron chi connectivity index (χ0n) is 17.6. The van der Waals surface area contributed by atoms with Gasteiger partial charge in [0.05, 0.1) is 6.04 Å². The Bertz CT molecular complexity index is 562. The number of nitrogens with zero attached hydrogens (tertiary/aromatic N) is 1. The number of benzene rings is 1. The molecule has 2 unspecified atom stereocenters. The molecule has 1 heterocycles. The van der Waals surface area contributed by atoms with E-state index in [0.29, 0.717) is 0 Å². The third-order valence-corrected chi connectivity index (χ3v) is 5.20. The zero-order chi connectivity index (χ0) is 20.2. The summed E-state index contributed by atoms with van der Waals surface area (Å²) >= 11 is 0. The van der Waals surface area contributed by atoms with Crippen molar-refractivity contribution in [1.29, 1.82) is 0 Å². The molecular formula is C22H37FN4O. The molecule has 5 nitrogen and oxygen atoms in total. The maximum Gasteiger partial charge on any atom is 0.112 e. The number of hydrogen-bond acceptors (Lipinski definition) is 5. The standard InChI is InChI=1S/C22H37FN4O/c1-4-12-25-19(11-13-24-2)17-26-21(16-23)22(28-3)18-7-9-20(10-8-18)27-14-5-6-15-27/h7-10,17,21-22,24-26H,4-6,11-16H2,1-3H3/b19-17-. The molecule has 0 aliphatic carbocycles. The maximum absolute atomic E-state index is 13.8. The van der Waals surface area contributed by atoms with Gasteiger partial charge in [0.15, 0.2) is 0 Å². The minimum atomic E-state index is -0.504. The van der Waals surface area contributed by atoms with Crippen LogP contribution in [0.4, 0.5) is 10.1 Å². The first-order chi connectivity index (χ1) is 13.7. The van der Waals surface area contributed by atoms with Crippen molar-refractivity contribution in [2.45, 2.75) is 44.8 Å². The summed E-state index contributed by atoms with van der Waals surface area (Å²) in [5, 5.41) is 9.81. The molecular weight excluding hydrogens is 355 g/mol. The van der Waals surface area contributed by atoms with Gasteiger partial charge in [0.25, 0.3) is 0 Å². The Morgan fingerprint density at radius 2 is 1.93 bits per heavy atom. The van der Waals surface area contributed by atoms with Crippen LogP contribution < -0.4 is 20.9 Å². The summed E-state index contributed by atoms with van der Waals surface area (Å²) in [6.07, 6.45) is 5.99. The van der Waals surface area contributed by atoms with Gasteiger partial charge >= 0.3 is 0 Å². The summed E-state index contributed by atoms with van der Waals surface area (Å²) in [5.74, 6) is 0. The van der Waals surface area contributed by atoms with Gasteiger partial charge < -0.3 is 25.6 Å². The Hall–Kier alpha value is -1.79. The van der Waals surface area contributed by atoms with E-state index >= 15 is 0 Å². The molecule has 6 heteroatoms. The molecule has 1 aromatic carbocycles. The van der Waals surface area contributed by atoms with Gasteiger partial charge in [-0.2, -0.15) is 0 Å². The first kappa shape index (κ1) is 22.5. The first-order valence-corrected chi connectivity index (χ1v) is 10.5. The van der Waals surface area contributed by atoms with Crippen LogP contribution in [0.5, 0.6) is 0 Å². The van der Waals surface area contributed by atoms with E-state index in [1.807, 2.05) is 13.2 Å². The van der Waals surface area contributed by atoms with Crippen LogP contribution in [-0.4, -0.2) is 53.1 Å². The lowest BCUT2D eigenvalue weighted by molar-refractivity contribution is 0.0633. The minimum absolute atomic E-state index is 0.342. The van der Waals surface area contributed by atoms with Crippen LogP contribution in [0, 0.1) is 0 Å². The molecule has 2 atom stereocenters. The van der Waals surface area contributed by atoms with Crippen LogP contribution in [0.2, 0.25) is 0 Å². The summed E-state index contributed by atoms with van der Waals surface area (Å²) in [5.41, 5.74) is 3.31.